The number of methoxy groups -OCH3 is 1. The third-order valence-electron chi connectivity index (χ3n) is 4.04. The van der Waals surface area contributed by atoms with Crippen molar-refractivity contribution in [3.8, 4) is 0 Å². The Morgan fingerprint density at radius 1 is 1.27 bits per heavy atom. The lowest BCUT2D eigenvalue weighted by atomic mass is 9.89. The Labute approximate surface area is 131 Å². The summed E-state index contributed by atoms with van der Waals surface area (Å²) in [6.07, 6.45) is 1.53. The number of benzene rings is 1. The maximum atomic E-state index is 12.9. The predicted octanol–water partition coefficient (Wildman–Crippen LogP) is 3.36. The van der Waals surface area contributed by atoms with E-state index in [0.29, 0.717) is 19.3 Å². The lowest BCUT2D eigenvalue weighted by Crippen LogP contribution is -2.41. The second-order valence-corrected chi connectivity index (χ2v) is 7.42. The standard InChI is InChI=1S/C14H17FO4S.C2H6/c1-14(13(16)19-2)9-3-4-12(14)20(17,18)11-7-5-10(15)6-8-11;1-2/h5-8,12H,3-4,9H2,1-2H3;1-2H3. The van der Waals surface area contributed by atoms with Gasteiger partial charge >= 0.3 is 5.97 Å². The molecule has 0 radical (unpaired) electrons. The van der Waals surface area contributed by atoms with E-state index in [-0.39, 0.29) is 4.90 Å². The van der Waals surface area contributed by atoms with E-state index >= 15 is 0 Å². The fraction of sp³-hybridized carbons (Fsp3) is 0.562. The molecule has 1 aliphatic carbocycles. The van der Waals surface area contributed by atoms with E-state index < -0.39 is 32.3 Å². The molecule has 0 bridgehead atoms. The van der Waals surface area contributed by atoms with Crippen LogP contribution < -0.4 is 0 Å². The Kier molecular flexibility index (Phi) is 6.11. The van der Waals surface area contributed by atoms with Crippen molar-refractivity contribution < 1.29 is 22.3 Å². The van der Waals surface area contributed by atoms with E-state index in [9.17, 15) is 17.6 Å². The molecule has 0 amide bonds. The molecular weight excluding hydrogens is 307 g/mol. The summed E-state index contributed by atoms with van der Waals surface area (Å²) in [5, 5.41) is -0.826. The Morgan fingerprint density at radius 3 is 2.32 bits per heavy atom. The molecule has 1 aliphatic rings. The number of ether oxygens (including phenoxy) is 1. The molecule has 6 heteroatoms. The van der Waals surface area contributed by atoms with Crippen LogP contribution in [0.2, 0.25) is 0 Å². The fourth-order valence-electron chi connectivity index (χ4n) is 2.89. The minimum atomic E-state index is -3.69. The van der Waals surface area contributed by atoms with Crippen molar-refractivity contribution in [1.29, 1.82) is 0 Å². The Morgan fingerprint density at radius 2 is 1.82 bits per heavy atom. The van der Waals surface area contributed by atoms with Gasteiger partial charge in [-0.1, -0.05) is 20.3 Å². The average molecular weight is 330 g/mol. The molecular formula is C16H23FO4S. The van der Waals surface area contributed by atoms with Crippen molar-refractivity contribution in [2.75, 3.05) is 7.11 Å². The van der Waals surface area contributed by atoms with Crippen molar-refractivity contribution in [2.24, 2.45) is 5.41 Å². The van der Waals surface area contributed by atoms with Crippen molar-refractivity contribution in [1.82, 2.24) is 0 Å². The zero-order valence-corrected chi connectivity index (χ0v) is 14.2. The number of carbonyl (C=O) groups is 1. The first-order valence-electron chi connectivity index (χ1n) is 7.40. The van der Waals surface area contributed by atoms with Crippen LogP contribution in [-0.2, 0) is 19.4 Å². The van der Waals surface area contributed by atoms with Crippen molar-refractivity contribution in [2.45, 2.75) is 50.2 Å². The highest BCUT2D eigenvalue weighted by Crippen LogP contribution is 2.44. The summed E-state index contributed by atoms with van der Waals surface area (Å²) in [4.78, 5) is 12.0. The highest BCUT2D eigenvalue weighted by atomic mass is 32.2. The molecule has 1 saturated carbocycles. The number of hydrogen-bond acceptors (Lipinski definition) is 4. The number of rotatable bonds is 3. The second-order valence-electron chi connectivity index (χ2n) is 5.29. The Balaban J connectivity index is 0.00000116. The maximum Gasteiger partial charge on any atom is 0.312 e. The van der Waals surface area contributed by atoms with Gasteiger partial charge in [0.05, 0.1) is 22.7 Å². The predicted molar refractivity (Wildman–Crippen MR) is 82.7 cm³/mol. The molecule has 1 aromatic carbocycles. The topological polar surface area (TPSA) is 60.4 Å². The zero-order chi connectivity index (χ0) is 17.0. The van der Waals surface area contributed by atoms with Gasteiger partial charge in [0.25, 0.3) is 0 Å². The summed E-state index contributed by atoms with van der Waals surface area (Å²) in [6.45, 7) is 5.62. The van der Waals surface area contributed by atoms with Crippen LogP contribution in [0.1, 0.15) is 40.0 Å². The fourth-order valence-corrected chi connectivity index (χ4v) is 5.11. The SMILES string of the molecule is CC.COC(=O)C1(C)CCCC1S(=O)(=O)c1ccc(F)cc1. The van der Waals surface area contributed by atoms with Crippen molar-refractivity contribution in [3.63, 3.8) is 0 Å². The van der Waals surface area contributed by atoms with Gasteiger partial charge in [0.15, 0.2) is 9.84 Å². The first kappa shape index (κ1) is 18.6. The summed E-state index contributed by atoms with van der Waals surface area (Å²) in [5.41, 5.74) is -1.04. The van der Waals surface area contributed by atoms with Crippen molar-refractivity contribution in [3.05, 3.63) is 30.1 Å². The highest BCUT2D eigenvalue weighted by Gasteiger charge is 2.52. The molecule has 0 aromatic heterocycles. The first-order chi connectivity index (χ1) is 10.3. The summed E-state index contributed by atoms with van der Waals surface area (Å²) >= 11 is 0. The van der Waals surface area contributed by atoms with Crippen molar-refractivity contribution >= 4 is 15.8 Å². The van der Waals surface area contributed by atoms with Gasteiger partial charge in [0, 0.05) is 0 Å². The quantitative estimate of drug-likeness (QED) is 0.630. The van der Waals surface area contributed by atoms with E-state index in [4.69, 9.17) is 4.74 Å². The van der Waals surface area contributed by atoms with E-state index in [2.05, 4.69) is 0 Å². The number of hydrogen-bond donors (Lipinski definition) is 0. The third kappa shape index (κ3) is 3.32. The van der Waals surface area contributed by atoms with E-state index in [1.807, 2.05) is 13.8 Å². The molecule has 2 atom stereocenters. The summed E-state index contributed by atoms with van der Waals surface area (Å²) < 4.78 is 43.0. The van der Waals surface area contributed by atoms with Gasteiger partial charge in [-0.25, -0.2) is 12.8 Å². The van der Waals surface area contributed by atoms with Crippen LogP contribution in [0.25, 0.3) is 0 Å². The highest BCUT2D eigenvalue weighted by molar-refractivity contribution is 7.92. The number of esters is 1. The number of sulfone groups is 1. The van der Waals surface area contributed by atoms with E-state index in [1.165, 1.54) is 19.2 Å². The van der Waals surface area contributed by atoms with Gasteiger partial charge in [-0.3, -0.25) is 4.79 Å². The van der Waals surface area contributed by atoms with Gasteiger partial charge < -0.3 is 4.74 Å². The maximum absolute atomic E-state index is 12.9. The van der Waals surface area contributed by atoms with Crippen LogP contribution in [0.3, 0.4) is 0 Å². The smallest absolute Gasteiger partial charge is 0.312 e. The largest absolute Gasteiger partial charge is 0.469 e. The van der Waals surface area contributed by atoms with Gasteiger partial charge in [0.2, 0.25) is 0 Å². The zero-order valence-electron chi connectivity index (χ0n) is 13.4. The van der Waals surface area contributed by atoms with Crippen LogP contribution in [0, 0.1) is 11.2 Å². The summed E-state index contributed by atoms with van der Waals surface area (Å²) in [6, 6.07) is 4.69. The van der Waals surface area contributed by atoms with E-state index in [0.717, 1.165) is 12.1 Å². The lowest BCUT2D eigenvalue weighted by molar-refractivity contribution is -0.151. The van der Waals surface area contributed by atoms with E-state index in [1.54, 1.807) is 6.92 Å². The minimum Gasteiger partial charge on any atom is -0.469 e. The van der Waals surface area contributed by atoms with Gasteiger partial charge in [-0.05, 0) is 44.0 Å². The monoisotopic (exact) mass is 330 g/mol. The van der Waals surface area contributed by atoms with Crippen LogP contribution >= 0.6 is 0 Å². The van der Waals surface area contributed by atoms with Crippen LogP contribution in [0.5, 0.6) is 0 Å². The number of halogens is 1. The van der Waals surface area contributed by atoms with Gasteiger partial charge in [0.1, 0.15) is 5.82 Å². The molecule has 2 unspecified atom stereocenters. The van der Waals surface area contributed by atoms with Crippen LogP contribution in [0.15, 0.2) is 29.2 Å². The Bertz CT molecular complexity index is 610. The number of carbonyl (C=O) groups excluding carboxylic acids is 1. The summed E-state index contributed by atoms with van der Waals surface area (Å²) in [7, 11) is -2.43. The molecule has 2 rings (SSSR count). The molecule has 1 aromatic rings. The molecule has 0 spiro atoms. The second kappa shape index (κ2) is 7.22. The summed E-state index contributed by atoms with van der Waals surface area (Å²) in [5.74, 6) is -1.00. The Hall–Kier alpha value is -1.43. The molecule has 1 fully saturated rings. The molecule has 0 aliphatic heterocycles. The average Bonchev–Trinajstić information content (AvgIpc) is 2.93. The molecule has 4 nitrogen and oxygen atoms in total. The van der Waals surface area contributed by atoms with Gasteiger partial charge in [-0.15, -0.1) is 0 Å². The molecule has 0 N–H and O–H groups in total. The third-order valence-corrected chi connectivity index (χ3v) is 6.48. The van der Waals surface area contributed by atoms with Crippen LogP contribution in [-0.4, -0.2) is 26.7 Å². The molecule has 124 valence electrons. The normalized spacial score (nSPS) is 24.3. The first-order valence-corrected chi connectivity index (χ1v) is 8.95. The lowest BCUT2D eigenvalue weighted by Gasteiger charge is -2.28. The van der Waals surface area contributed by atoms with Gasteiger partial charge in [-0.2, -0.15) is 0 Å². The minimum absolute atomic E-state index is 0.0425. The van der Waals surface area contributed by atoms with Crippen LogP contribution in [0.4, 0.5) is 4.39 Å². The molecule has 22 heavy (non-hydrogen) atoms. The molecule has 0 heterocycles. The molecule has 0 saturated heterocycles.